The zero-order valence-corrected chi connectivity index (χ0v) is 16.6. The predicted molar refractivity (Wildman–Crippen MR) is 107 cm³/mol. The molecule has 6 nitrogen and oxygen atoms in total. The van der Waals surface area contributed by atoms with E-state index in [1.807, 2.05) is 16.8 Å². The number of amides is 2. The van der Waals surface area contributed by atoms with Crippen molar-refractivity contribution < 1.29 is 9.59 Å². The van der Waals surface area contributed by atoms with Gasteiger partial charge < -0.3 is 10.6 Å². The number of halogens is 2. The summed E-state index contributed by atoms with van der Waals surface area (Å²) in [5.74, 6) is -0.196. The average molecular weight is 423 g/mol. The summed E-state index contributed by atoms with van der Waals surface area (Å²) < 4.78 is 0. The van der Waals surface area contributed by atoms with Gasteiger partial charge in [-0.05, 0) is 30.8 Å². The van der Waals surface area contributed by atoms with Crippen LogP contribution in [0.5, 0.6) is 0 Å². The van der Waals surface area contributed by atoms with Crippen LogP contribution in [0.2, 0.25) is 0 Å². The number of carbonyl (C=O) groups is 2. The highest BCUT2D eigenvalue weighted by Gasteiger charge is 2.16. The fraction of sp³-hybridized carbons (Fsp3) is 0.400. The minimum atomic E-state index is -0.168. The summed E-state index contributed by atoms with van der Waals surface area (Å²) in [6.45, 7) is 1.84. The SMILES string of the molecule is Cl.Cl.O=C(Cc1csc(NC(=O)c2cccs2)n1)N[C@H]1CCCNC1. The third-order valence-electron chi connectivity index (χ3n) is 3.52. The van der Waals surface area contributed by atoms with Gasteiger partial charge in [0.1, 0.15) is 0 Å². The normalized spacial score (nSPS) is 16.2. The summed E-state index contributed by atoms with van der Waals surface area (Å²) >= 11 is 2.71. The molecule has 1 aliphatic heterocycles. The fourth-order valence-electron chi connectivity index (χ4n) is 2.43. The molecule has 25 heavy (non-hydrogen) atoms. The molecule has 1 fully saturated rings. The zero-order chi connectivity index (χ0) is 16.1. The highest BCUT2D eigenvalue weighted by Crippen LogP contribution is 2.18. The van der Waals surface area contributed by atoms with Crippen LogP contribution in [-0.4, -0.2) is 35.9 Å². The minimum absolute atomic E-state index is 0. The van der Waals surface area contributed by atoms with E-state index in [4.69, 9.17) is 0 Å². The molecule has 1 aliphatic rings. The van der Waals surface area contributed by atoms with Crippen LogP contribution in [0.1, 0.15) is 28.2 Å². The summed E-state index contributed by atoms with van der Waals surface area (Å²) in [4.78, 5) is 28.9. The van der Waals surface area contributed by atoms with Gasteiger partial charge in [0.25, 0.3) is 5.91 Å². The molecule has 1 atom stereocenters. The van der Waals surface area contributed by atoms with Crippen LogP contribution in [-0.2, 0) is 11.2 Å². The molecule has 1 saturated heterocycles. The first-order valence-corrected chi connectivity index (χ1v) is 9.26. The van der Waals surface area contributed by atoms with Gasteiger partial charge >= 0.3 is 0 Å². The summed E-state index contributed by atoms with van der Waals surface area (Å²) in [5, 5.41) is 13.2. The Kier molecular flexibility index (Phi) is 9.37. The van der Waals surface area contributed by atoms with Gasteiger partial charge in [-0.15, -0.1) is 47.5 Å². The first-order chi connectivity index (χ1) is 11.2. The molecule has 3 rings (SSSR count). The Morgan fingerprint density at radius 3 is 2.84 bits per heavy atom. The monoisotopic (exact) mass is 422 g/mol. The Morgan fingerprint density at radius 1 is 1.32 bits per heavy atom. The first-order valence-electron chi connectivity index (χ1n) is 7.50. The third kappa shape index (κ3) is 6.56. The van der Waals surface area contributed by atoms with Gasteiger partial charge in [-0.1, -0.05) is 6.07 Å². The van der Waals surface area contributed by atoms with Gasteiger partial charge in [-0.2, -0.15) is 0 Å². The Morgan fingerprint density at radius 2 is 2.16 bits per heavy atom. The lowest BCUT2D eigenvalue weighted by molar-refractivity contribution is -0.121. The van der Waals surface area contributed by atoms with Gasteiger partial charge in [-0.3, -0.25) is 14.9 Å². The molecular formula is C15H20Cl2N4O2S2. The van der Waals surface area contributed by atoms with Crippen molar-refractivity contribution in [3.8, 4) is 0 Å². The number of rotatable bonds is 5. The number of piperidine rings is 1. The molecular weight excluding hydrogens is 403 g/mol. The van der Waals surface area contributed by atoms with Crippen LogP contribution < -0.4 is 16.0 Å². The van der Waals surface area contributed by atoms with Crippen molar-refractivity contribution in [1.29, 1.82) is 0 Å². The van der Waals surface area contributed by atoms with E-state index in [1.54, 1.807) is 6.07 Å². The fourth-order valence-corrected chi connectivity index (χ4v) is 3.75. The summed E-state index contributed by atoms with van der Waals surface area (Å²) in [7, 11) is 0. The second kappa shape index (κ2) is 10.7. The molecule has 0 unspecified atom stereocenters. The maximum Gasteiger partial charge on any atom is 0.267 e. The van der Waals surface area contributed by atoms with E-state index < -0.39 is 0 Å². The molecule has 0 aliphatic carbocycles. The molecule has 3 heterocycles. The number of hydrogen-bond donors (Lipinski definition) is 3. The van der Waals surface area contributed by atoms with Gasteiger partial charge in [-0.25, -0.2) is 4.98 Å². The van der Waals surface area contributed by atoms with Crippen molar-refractivity contribution >= 4 is 64.4 Å². The topological polar surface area (TPSA) is 83.1 Å². The van der Waals surface area contributed by atoms with Crippen molar-refractivity contribution in [2.24, 2.45) is 0 Å². The second-order valence-corrected chi connectivity index (χ2v) is 7.17. The van der Waals surface area contributed by atoms with E-state index in [-0.39, 0.29) is 49.1 Å². The Hall–Kier alpha value is -1.19. The van der Waals surface area contributed by atoms with E-state index in [0.29, 0.717) is 15.7 Å². The van der Waals surface area contributed by atoms with E-state index in [0.717, 1.165) is 25.9 Å². The quantitative estimate of drug-likeness (QED) is 0.691. The highest BCUT2D eigenvalue weighted by molar-refractivity contribution is 7.14. The maximum absolute atomic E-state index is 12.0. The first kappa shape index (κ1) is 21.9. The second-order valence-electron chi connectivity index (χ2n) is 5.36. The molecule has 138 valence electrons. The van der Waals surface area contributed by atoms with Crippen molar-refractivity contribution in [1.82, 2.24) is 15.6 Å². The van der Waals surface area contributed by atoms with Crippen molar-refractivity contribution in [2.75, 3.05) is 18.4 Å². The lowest BCUT2D eigenvalue weighted by Gasteiger charge is -2.23. The number of carbonyl (C=O) groups excluding carboxylic acids is 2. The molecule has 2 aromatic heterocycles. The van der Waals surface area contributed by atoms with Gasteiger partial charge in [0.2, 0.25) is 5.91 Å². The molecule has 0 aromatic carbocycles. The number of thiazole rings is 1. The van der Waals surface area contributed by atoms with Gasteiger partial charge in [0.15, 0.2) is 5.13 Å². The largest absolute Gasteiger partial charge is 0.352 e. The van der Waals surface area contributed by atoms with Gasteiger partial charge in [0, 0.05) is 18.0 Å². The van der Waals surface area contributed by atoms with Crippen molar-refractivity contribution in [3.05, 3.63) is 33.5 Å². The van der Waals surface area contributed by atoms with Crippen LogP contribution in [0.15, 0.2) is 22.9 Å². The minimum Gasteiger partial charge on any atom is -0.352 e. The molecule has 3 N–H and O–H groups in total. The molecule has 2 amide bonds. The molecule has 0 saturated carbocycles. The number of thiophene rings is 1. The Labute approximate surface area is 166 Å². The van der Waals surface area contributed by atoms with Crippen LogP contribution in [0, 0.1) is 0 Å². The van der Waals surface area contributed by atoms with E-state index >= 15 is 0 Å². The standard InChI is InChI=1S/C15H18N4O2S2.2ClH/c20-13(17-10-3-1-5-16-8-10)7-11-9-23-15(18-11)19-14(21)12-4-2-6-22-12;;/h2,4,6,9-10,16H,1,3,5,7-8H2,(H,17,20)(H,18,19,21);2*1H/t10-;;/m0../s1. The van der Waals surface area contributed by atoms with Crippen LogP contribution >= 0.6 is 47.5 Å². The third-order valence-corrected chi connectivity index (χ3v) is 5.20. The molecule has 0 bridgehead atoms. The molecule has 0 radical (unpaired) electrons. The van der Waals surface area contributed by atoms with Crippen LogP contribution in [0.25, 0.3) is 0 Å². The summed E-state index contributed by atoms with van der Waals surface area (Å²) in [6.07, 6.45) is 2.33. The Balaban J connectivity index is 0.00000156. The van der Waals surface area contributed by atoms with Crippen molar-refractivity contribution in [2.45, 2.75) is 25.3 Å². The van der Waals surface area contributed by atoms with Crippen LogP contribution in [0.3, 0.4) is 0 Å². The average Bonchev–Trinajstić information content (AvgIpc) is 3.20. The smallest absolute Gasteiger partial charge is 0.267 e. The highest BCUT2D eigenvalue weighted by atomic mass is 35.5. The van der Waals surface area contributed by atoms with E-state index in [1.165, 1.54) is 22.7 Å². The van der Waals surface area contributed by atoms with E-state index in [9.17, 15) is 9.59 Å². The number of nitrogens with zero attached hydrogens (tertiary/aromatic N) is 1. The van der Waals surface area contributed by atoms with Crippen molar-refractivity contribution in [3.63, 3.8) is 0 Å². The summed E-state index contributed by atoms with van der Waals surface area (Å²) in [5.41, 5.74) is 0.678. The number of aromatic nitrogens is 1. The predicted octanol–water partition coefficient (Wildman–Crippen LogP) is 2.71. The van der Waals surface area contributed by atoms with Gasteiger partial charge in [0.05, 0.1) is 17.0 Å². The molecule has 0 spiro atoms. The number of hydrogen-bond acceptors (Lipinski definition) is 6. The summed E-state index contributed by atoms with van der Waals surface area (Å²) in [6, 6.07) is 3.80. The lowest BCUT2D eigenvalue weighted by Crippen LogP contribution is -2.46. The molecule has 2 aromatic rings. The van der Waals surface area contributed by atoms with Crippen LogP contribution in [0.4, 0.5) is 5.13 Å². The molecule has 10 heteroatoms. The lowest BCUT2D eigenvalue weighted by atomic mass is 10.1. The number of anilines is 1. The Bertz CT molecular complexity index is 673. The number of nitrogens with one attached hydrogen (secondary N) is 3. The van der Waals surface area contributed by atoms with E-state index in [2.05, 4.69) is 20.9 Å². The maximum atomic E-state index is 12.0. The zero-order valence-electron chi connectivity index (χ0n) is 13.3.